The number of fused-ring (bicyclic) bond motifs is 3. The molecule has 1 saturated heterocycles. The van der Waals surface area contributed by atoms with Gasteiger partial charge in [-0.15, -0.1) is 0 Å². The van der Waals surface area contributed by atoms with E-state index >= 15 is 0 Å². The van der Waals surface area contributed by atoms with Crippen molar-refractivity contribution in [1.82, 2.24) is 4.90 Å². The molecule has 2 aliphatic rings. The lowest BCUT2D eigenvalue weighted by Gasteiger charge is -2.33. The Morgan fingerprint density at radius 3 is 2.68 bits per heavy atom. The van der Waals surface area contributed by atoms with Crippen molar-refractivity contribution in [2.45, 2.75) is 18.4 Å². The van der Waals surface area contributed by atoms with Gasteiger partial charge in [-0.05, 0) is 54.3 Å². The van der Waals surface area contributed by atoms with E-state index in [2.05, 4.69) is 12.1 Å². The van der Waals surface area contributed by atoms with Gasteiger partial charge in [-0.1, -0.05) is 23.7 Å². The number of carbonyl (C=O) groups is 1. The fourth-order valence-electron chi connectivity index (χ4n) is 3.89. The number of halogens is 1. The number of benzene rings is 2. The van der Waals surface area contributed by atoms with E-state index in [1.54, 1.807) is 13.2 Å². The molecule has 2 aromatic rings. The Labute approximate surface area is 134 Å². The summed E-state index contributed by atoms with van der Waals surface area (Å²) in [6, 6.07) is 13.6. The number of methoxy groups -OCH3 is 1. The minimum Gasteiger partial charge on any atom is -0.497 e. The molecule has 0 aromatic heterocycles. The van der Waals surface area contributed by atoms with Crippen LogP contribution in [0, 0.1) is 0 Å². The Morgan fingerprint density at radius 1 is 1.18 bits per heavy atom. The molecular weight excluding hydrogens is 298 g/mol. The van der Waals surface area contributed by atoms with Crippen LogP contribution in [0.1, 0.15) is 34.3 Å². The van der Waals surface area contributed by atoms with Gasteiger partial charge in [0.05, 0.1) is 12.6 Å². The van der Waals surface area contributed by atoms with E-state index in [1.807, 2.05) is 29.2 Å². The van der Waals surface area contributed by atoms with Crippen molar-refractivity contribution >= 4 is 17.5 Å². The van der Waals surface area contributed by atoms with Gasteiger partial charge in [0.2, 0.25) is 0 Å². The molecule has 1 amide bonds. The minimum absolute atomic E-state index is 0.111. The fourth-order valence-corrected chi connectivity index (χ4v) is 4.06. The molecule has 0 bridgehead atoms. The maximum absolute atomic E-state index is 12.7. The number of hydrogen-bond donors (Lipinski definition) is 0. The lowest BCUT2D eigenvalue weighted by atomic mass is 9.81. The molecule has 3 nitrogen and oxygen atoms in total. The van der Waals surface area contributed by atoms with Crippen molar-refractivity contribution in [2.24, 2.45) is 0 Å². The summed E-state index contributed by atoms with van der Waals surface area (Å²) in [7, 11) is 1.66. The Hall–Kier alpha value is -2.00. The van der Waals surface area contributed by atoms with Gasteiger partial charge in [0.15, 0.2) is 0 Å². The van der Waals surface area contributed by atoms with Gasteiger partial charge in [-0.25, -0.2) is 0 Å². The van der Waals surface area contributed by atoms with E-state index in [1.165, 1.54) is 0 Å². The summed E-state index contributed by atoms with van der Waals surface area (Å²) >= 11 is 6.21. The minimum atomic E-state index is -0.371. The molecule has 0 radical (unpaired) electrons. The molecule has 4 rings (SSSR count). The Morgan fingerprint density at radius 2 is 1.95 bits per heavy atom. The first-order valence-corrected chi connectivity index (χ1v) is 7.81. The molecule has 4 heteroatoms. The lowest BCUT2D eigenvalue weighted by molar-refractivity contribution is 0.0711. The monoisotopic (exact) mass is 313 g/mol. The van der Waals surface area contributed by atoms with Crippen LogP contribution in [0.15, 0.2) is 42.5 Å². The third-order valence-corrected chi connectivity index (χ3v) is 5.09. The molecule has 112 valence electrons. The predicted molar refractivity (Wildman–Crippen MR) is 85.5 cm³/mol. The van der Waals surface area contributed by atoms with Crippen LogP contribution >= 0.6 is 11.6 Å². The first kappa shape index (κ1) is 13.6. The van der Waals surface area contributed by atoms with Crippen molar-refractivity contribution in [3.05, 3.63) is 64.2 Å². The molecule has 0 aliphatic carbocycles. The largest absolute Gasteiger partial charge is 0.497 e. The van der Waals surface area contributed by atoms with Crippen LogP contribution in [-0.4, -0.2) is 24.5 Å². The summed E-state index contributed by atoms with van der Waals surface area (Å²) in [6.45, 7) is 0.789. The van der Waals surface area contributed by atoms with E-state index in [4.69, 9.17) is 16.3 Å². The summed E-state index contributed by atoms with van der Waals surface area (Å²) in [6.07, 6.45) is 1.93. The molecule has 1 atom stereocenters. The highest BCUT2D eigenvalue weighted by molar-refractivity contribution is 6.30. The molecule has 2 aromatic carbocycles. The zero-order valence-electron chi connectivity index (χ0n) is 12.3. The third-order valence-electron chi connectivity index (χ3n) is 4.85. The smallest absolute Gasteiger partial charge is 0.255 e. The van der Waals surface area contributed by atoms with Crippen LogP contribution < -0.4 is 4.74 Å². The highest BCUT2D eigenvalue weighted by Crippen LogP contribution is 2.51. The molecular formula is C18H16ClNO2. The quantitative estimate of drug-likeness (QED) is 0.843. The van der Waals surface area contributed by atoms with E-state index in [0.29, 0.717) is 5.02 Å². The molecule has 0 saturated carbocycles. The molecule has 1 unspecified atom stereocenters. The number of amides is 1. The van der Waals surface area contributed by atoms with E-state index in [-0.39, 0.29) is 11.4 Å². The number of ether oxygens (including phenoxy) is 1. The average Bonchev–Trinajstić information content (AvgIpc) is 3.08. The van der Waals surface area contributed by atoms with Crippen LogP contribution in [0.5, 0.6) is 5.75 Å². The summed E-state index contributed by atoms with van der Waals surface area (Å²) in [5.41, 5.74) is 2.57. The van der Waals surface area contributed by atoms with Gasteiger partial charge in [-0.2, -0.15) is 0 Å². The SMILES string of the molecule is COc1ccc(C23CCCN2C(=O)c2ccc(Cl)cc23)cc1. The van der Waals surface area contributed by atoms with E-state index < -0.39 is 0 Å². The maximum atomic E-state index is 12.7. The second-order valence-corrected chi connectivity index (χ2v) is 6.28. The van der Waals surface area contributed by atoms with Crippen molar-refractivity contribution in [2.75, 3.05) is 13.7 Å². The second kappa shape index (κ2) is 4.75. The number of rotatable bonds is 2. The summed E-state index contributed by atoms with van der Waals surface area (Å²) in [5, 5.41) is 0.674. The van der Waals surface area contributed by atoms with Gasteiger partial charge >= 0.3 is 0 Å². The van der Waals surface area contributed by atoms with Crippen molar-refractivity contribution < 1.29 is 9.53 Å². The van der Waals surface area contributed by atoms with Crippen molar-refractivity contribution in [3.8, 4) is 5.75 Å². The van der Waals surface area contributed by atoms with Crippen LogP contribution in [0.25, 0.3) is 0 Å². The van der Waals surface area contributed by atoms with Crippen LogP contribution in [0.2, 0.25) is 5.02 Å². The summed E-state index contributed by atoms with van der Waals surface area (Å²) in [5.74, 6) is 0.931. The molecule has 0 N–H and O–H groups in total. The highest BCUT2D eigenvalue weighted by atomic mass is 35.5. The van der Waals surface area contributed by atoms with Crippen LogP contribution in [-0.2, 0) is 5.54 Å². The molecule has 22 heavy (non-hydrogen) atoms. The predicted octanol–water partition coefficient (Wildman–Crippen LogP) is 3.84. The Balaban J connectivity index is 1.94. The fraction of sp³-hybridized carbons (Fsp3) is 0.278. The van der Waals surface area contributed by atoms with Crippen molar-refractivity contribution in [1.29, 1.82) is 0 Å². The van der Waals surface area contributed by atoms with E-state index in [9.17, 15) is 4.79 Å². The molecule has 1 fully saturated rings. The van der Waals surface area contributed by atoms with Gasteiger partial charge in [0.1, 0.15) is 5.75 Å². The van der Waals surface area contributed by atoms with E-state index in [0.717, 1.165) is 41.8 Å². The molecule has 2 heterocycles. The summed E-state index contributed by atoms with van der Waals surface area (Å²) in [4.78, 5) is 14.7. The lowest BCUT2D eigenvalue weighted by Crippen LogP contribution is -2.39. The van der Waals surface area contributed by atoms with Crippen LogP contribution in [0.3, 0.4) is 0 Å². The zero-order valence-corrected chi connectivity index (χ0v) is 13.1. The van der Waals surface area contributed by atoms with Gasteiger partial charge in [-0.3, -0.25) is 4.79 Å². The highest BCUT2D eigenvalue weighted by Gasteiger charge is 2.53. The normalized spacial score (nSPS) is 22.6. The number of hydrogen-bond acceptors (Lipinski definition) is 2. The number of nitrogens with zero attached hydrogens (tertiary/aromatic N) is 1. The average molecular weight is 314 g/mol. The summed E-state index contributed by atoms with van der Waals surface area (Å²) < 4.78 is 5.25. The molecule has 2 aliphatic heterocycles. The third kappa shape index (κ3) is 1.66. The first-order chi connectivity index (χ1) is 10.7. The number of carbonyl (C=O) groups excluding carboxylic acids is 1. The van der Waals surface area contributed by atoms with Gasteiger partial charge in [0, 0.05) is 17.1 Å². The van der Waals surface area contributed by atoms with Crippen molar-refractivity contribution in [3.63, 3.8) is 0 Å². The van der Waals surface area contributed by atoms with Crippen LogP contribution in [0.4, 0.5) is 0 Å². The molecule has 0 spiro atoms. The standard InChI is InChI=1S/C18H16ClNO2/c1-22-14-6-3-12(4-7-14)18-9-2-10-20(18)17(21)15-8-5-13(19)11-16(15)18/h3-8,11H,2,9-10H2,1H3. The second-order valence-electron chi connectivity index (χ2n) is 5.84. The first-order valence-electron chi connectivity index (χ1n) is 7.43. The Kier molecular flexibility index (Phi) is 2.95. The zero-order chi connectivity index (χ0) is 15.3. The Bertz CT molecular complexity index is 756. The van der Waals surface area contributed by atoms with Gasteiger partial charge < -0.3 is 9.64 Å². The maximum Gasteiger partial charge on any atom is 0.255 e. The van der Waals surface area contributed by atoms with Gasteiger partial charge in [0.25, 0.3) is 5.91 Å². The topological polar surface area (TPSA) is 29.5 Å².